The average molecular weight is 292 g/mol. The van der Waals surface area contributed by atoms with Crippen LogP contribution in [0, 0.1) is 0 Å². The fourth-order valence-corrected chi connectivity index (χ4v) is 2.05. The van der Waals surface area contributed by atoms with Crippen LogP contribution in [-0.2, 0) is 14.9 Å². The summed E-state index contributed by atoms with van der Waals surface area (Å²) in [6.45, 7) is 9.00. The molecule has 2 atom stereocenters. The van der Waals surface area contributed by atoms with Gasteiger partial charge in [0, 0.05) is 13.7 Å². The van der Waals surface area contributed by atoms with Gasteiger partial charge in [-0.05, 0) is 29.9 Å². The van der Waals surface area contributed by atoms with Crippen molar-refractivity contribution >= 4 is 5.91 Å². The summed E-state index contributed by atoms with van der Waals surface area (Å²) >= 11 is 0. The standard InChI is InChI=1S/C17H28N2O2/c1-12(19-16(20)15(18)10-11-21-5)13-6-8-14(9-7-13)17(2,3)4/h6-9,12,15H,10-11,18H2,1-5H3,(H,19,20). The molecule has 1 aromatic carbocycles. The molecule has 0 bridgehead atoms. The highest BCUT2D eigenvalue weighted by atomic mass is 16.5. The third-order valence-electron chi connectivity index (χ3n) is 3.61. The average Bonchev–Trinajstić information content (AvgIpc) is 2.43. The fraction of sp³-hybridized carbons (Fsp3) is 0.588. The van der Waals surface area contributed by atoms with Gasteiger partial charge in [0.2, 0.25) is 5.91 Å². The summed E-state index contributed by atoms with van der Waals surface area (Å²) in [7, 11) is 1.60. The van der Waals surface area contributed by atoms with Crippen molar-refractivity contribution in [1.82, 2.24) is 5.32 Å². The van der Waals surface area contributed by atoms with Crippen LogP contribution in [0.3, 0.4) is 0 Å². The Balaban J connectivity index is 2.63. The van der Waals surface area contributed by atoms with Crippen LogP contribution in [-0.4, -0.2) is 25.7 Å². The van der Waals surface area contributed by atoms with Crippen molar-refractivity contribution < 1.29 is 9.53 Å². The van der Waals surface area contributed by atoms with Gasteiger partial charge in [0.1, 0.15) is 0 Å². The van der Waals surface area contributed by atoms with Crippen molar-refractivity contribution in [3.8, 4) is 0 Å². The molecule has 118 valence electrons. The Kier molecular flexibility index (Phi) is 6.37. The molecule has 3 N–H and O–H groups in total. The van der Waals surface area contributed by atoms with E-state index in [0.717, 1.165) is 5.56 Å². The van der Waals surface area contributed by atoms with Gasteiger partial charge >= 0.3 is 0 Å². The molecule has 0 fully saturated rings. The largest absolute Gasteiger partial charge is 0.385 e. The van der Waals surface area contributed by atoms with Crippen molar-refractivity contribution in [3.05, 3.63) is 35.4 Å². The SMILES string of the molecule is COCCC(N)C(=O)NC(C)c1ccc(C(C)(C)C)cc1. The first-order valence-electron chi connectivity index (χ1n) is 7.41. The van der Waals surface area contributed by atoms with Gasteiger partial charge < -0.3 is 15.8 Å². The normalized spacial score (nSPS) is 14.6. The zero-order chi connectivity index (χ0) is 16.0. The van der Waals surface area contributed by atoms with Crippen LogP contribution >= 0.6 is 0 Å². The van der Waals surface area contributed by atoms with Gasteiger partial charge in [-0.15, -0.1) is 0 Å². The van der Waals surface area contributed by atoms with Crippen LogP contribution in [0.15, 0.2) is 24.3 Å². The minimum absolute atomic E-state index is 0.0555. The quantitative estimate of drug-likeness (QED) is 0.847. The number of nitrogens with two attached hydrogens (primary N) is 1. The Morgan fingerprint density at radius 2 is 1.86 bits per heavy atom. The van der Waals surface area contributed by atoms with Gasteiger partial charge in [0.05, 0.1) is 12.1 Å². The highest BCUT2D eigenvalue weighted by Gasteiger charge is 2.17. The molecule has 0 aliphatic rings. The van der Waals surface area contributed by atoms with E-state index in [1.807, 2.05) is 6.92 Å². The molecule has 0 aromatic heterocycles. The third kappa shape index (κ3) is 5.48. The molecule has 0 aliphatic carbocycles. The van der Waals surface area contributed by atoms with E-state index in [1.165, 1.54) is 5.56 Å². The Morgan fingerprint density at radius 3 is 2.33 bits per heavy atom. The monoisotopic (exact) mass is 292 g/mol. The topological polar surface area (TPSA) is 64.3 Å². The van der Waals surface area contributed by atoms with Gasteiger partial charge in [0.25, 0.3) is 0 Å². The number of nitrogens with one attached hydrogen (secondary N) is 1. The number of methoxy groups -OCH3 is 1. The van der Waals surface area contributed by atoms with Gasteiger partial charge in [-0.3, -0.25) is 4.79 Å². The van der Waals surface area contributed by atoms with Gasteiger partial charge in [-0.2, -0.15) is 0 Å². The zero-order valence-corrected chi connectivity index (χ0v) is 13.8. The van der Waals surface area contributed by atoms with E-state index >= 15 is 0 Å². The second-order valence-corrected chi connectivity index (χ2v) is 6.49. The number of hydrogen-bond donors (Lipinski definition) is 2. The highest BCUT2D eigenvalue weighted by molar-refractivity contribution is 5.81. The summed E-state index contributed by atoms with van der Waals surface area (Å²) in [5.74, 6) is -0.139. The van der Waals surface area contributed by atoms with Gasteiger partial charge in [-0.1, -0.05) is 45.0 Å². The molecule has 1 rings (SSSR count). The van der Waals surface area contributed by atoms with E-state index in [9.17, 15) is 4.79 Å². The molecule has 0 saturated carbocycles. The second-order valence-electron chi connectivity index (χ2n) is 6.49. The summed E-state index contributed by atoms with van der Waals surface area (Å²) in [5, 5.41) is 2.94. The molecule has 21 heavy (non-hydrogen) atoms. The molecular formula is C17H28N2O2. The molecular weight excluding hydrogens is 264 g/mol. The Hall–Kier alpha value is -1.39. The first-order chi connectivity index (χ1) is 9.75. The second kappa shape index (κ2) is 7.57. The number of carbonyl (C=O) groups is 1. The van der Waals surface area contributed by atoms with Crippen molar-refractivity contribution in [1.29, 1.82) is 0 Å². The van der Waals surface area contributed by atoms with Crippen molar-refractivity contribution in [3.63, 3.8) is 0 Å². The van der Waals surface area contributed by atoms with E-state index in [0.29, 0.717) is 13.0 Å². The lowest BCUT2D eigenvalue weighted by Gasteiger charge is -2.21. The molecule has 0 heterocycles. The zero-order valence-electron chi connectivity index (χ0n) is 13.8. The lowest BCUT2D eigenvalue weighted by atomic mass is 9.86. The van der Waals surface area contributed by atoms with E-state index in [4.69, 9.17) is 10.5 Å². The molecule has 1 aromatic rings. The van der Waals surface area contributed by atoms with Gasteiger partial charge in [-0.25, -0.2) is 0 Å². The Bertz CT molecular complexity index is 449. The van der Waals surface area contributed by atoms with Crippen LogP contribution in [0.5, 0.6) is 0 Å². The molecule has 4 heteroatoms. The predicted octanol–water partition coefficient (Wildman–Crippen LogP) is 2.53. The first kappa shape index (κ1) is 17.7. The maximum absolute atomic E-state index is 12.0. The molecule has 2 unspecified atom stereocenters. The Morgan fingerprint density at radius 1 is 1.29 bits per heavy atom. The summed E-state index contributed by atoms with van der Waals surface area (Å²) < 4.78 is 4.94. The lowest BCUT2D eigenvalue weighted by molar-refractivity contribution is -0.123. The maximum Gasteiger partial charge on any atom is 0.237 e. The smallest absolute Gasteiger partial charge is 0.237 e. The summed E-state index contributed by atoms with van der Waals surface area (Å²) in [4.78, 5) is 12.0. The highest BCUT2D eigenvalue weighted by Crippen LogP contribution is 2.23. The van der Waals surface area contributed by atoms with Crippen molar-refractivity contribution in [2.75, 3.05) is 13.7 Å². The molecule has 0 saturated heterocycles. The van der Waals surface area contributed by atoms with Crippen LogP contribution < -0.4 is 11.1 Å². The van der Waals surface area contributed by atoms with E-state index < -0.39 is 6.04 Å². The lowest BCUT2D eigenvalue weighted by Crippen LogP contribution is -2.42. The van der Waals surface area contributed by atoms with Crippen LogP contribution in [0.4, 0.5) is 0 Å². The van der Waals surface area contributed by atoms with E-state index in [-0.39, 0.29) is 17.4 Å². The minimum atomic E-state index is -0.527. The number of benzene rings is 1. The summed E-state index contributed by atoms with van der Waals surface area (Å²) in [6.07, 6.45) is 0.526. The summed E-state index contributed by atoms with van der Waals surface area (Å²) in [5.41, 5.74) is 8.31. The van der Waals surface area contributed by atoms with Crippen LogP contribution in [0.25, 0.3) is 0 Å². The number of carbonyl (C=O) groups excluding carboxylic acids is 1. The number of amides is 1. The third-order valence-corrected chi connectivity index (χ3v) is 3.61. The number of ether oxygens (including phenoxy) is 1. The fourth-order valence-electron chi connectivity index (χ4n) is 2.05. The van der Waals surface area contributed by atoms with E-state index in [1.54, 1.807) is 7.11 Å². The van der Waals surface area contributed by atoms with Gasteiger partial charge in [0.15, 0.2) is 0 Å². The van der Waals surface area contributed by atoms with Crippen molar-refractivity contribution in [2.24, 2.45) is 5.73 Å². The predicted molar refractivity (Wildman–Crippen MR) is 86.2 cm³/mol. The summed E-state index contributed by atoms with van der Waals surface area (Å²) in [6, 6.07) is 7.77. The van der Waals surface area contributed by atoms with Crippen LogP contribution in [0.2, 0.25) is 0 Å². The first-order valence-corrected chi connectivity index (χ1v) is 7.41. The van der Waals surface area contributed by atoms with E-state index in [2.05, 4.69) is 50.4 Å². The number of rotatable bonds is 6. The molecule has 4 nitrogen and oxygen atoms in total. The molecule has 1 amide bonds. The number of hydrogen-bond acceptors (Lipinski definition) is 3. The van der Waals surface area contributed by atoms with Crippen molar-refractivity contribution in [2.45, 2.75) is 51.6 Å². The molecule has 0 aliphatic heterocycles. The molecule has 0 radical (unpaired) electrons. The Labute approximate surface area is 128 Å². The maximum atomic E-state index is 12.0. The molecule has 0 spiro atoms. The van der Waals surface area contributed by atoms with Crippen LogP contribution in [0.1, 0.15) is 51.3 Å². The minimum Gasteiger partial charge on any atom is -0.385 e.